The predicted molar refractivity (Wildman–Crippen MR) is 86.7 cm³/mol. The summed E-state index contributed by atoms with van der Waals surface area (Å²) in [6, 6.07) is 7.25. The van der Waals surface area contributed by atoms with Gasteiger partial charge in [0.1, 0.15) is 5.82 Å². The van der Waals surface area contributed by atoms with E-state index < -0.39 is 0 Å². The van der Waals surface area contributed by atoms with E-state index >= 15 is 0 Å². The van der Waals surface area contributed by atoms with Crippen LogP contribution in [-0.4, -0.2) is 43.2 Å². The highest BCUT2D eigenvalue weighted by Gasteiger charge is 2.23. The molecule has 1 aromatic heterocycles. The fourth-order valence-corrected chi connectivity index (χ4v) is 2.90. The predicted octanol–water partition coefficient (Wildman–Crippen LogP) is 1.77. The minimum absolute atomic E-state index is 0.510. The van der Waals surface area contributed by atoms with Crippen LogP contribution >= 0.6 is 0 Å². The fraction of sp³-hybridized carbons (Fsp3) is 0.625. The molecule has 114 valence electrons. The maximum atomic E-state index is 4.43. The van der Waals surface area contributed by atoms with Crippen LogP contribution in [0.1, 0.15) is 32.1 Å². The summed E-state index contributed by atoms with van der Waals surface area (Å²) in [5, 5.41) is 7.07. The van der Waals surface area contributed by atoms with Gasteiger partial charge in [0, 0.05) is 38.4 Å². The Morgan fingerprint density at radius 1 is 1.14 bits per heavy atom. The van der Waals surface area contributed by atoms with Gasteiger partial charge in [0.15, 0.2) is 5.96 Å². The van der Waals surface area contributed by atoms with Gasteiger partial charge in [0.05, 0.1) is 0 Å². The van der Waals surface area contributed by atoms with Crippen molar-refractivity contribution in [3.8, 4) is 0 Å². The number of anilines is 1. The summed E-state index contributed by atoms with van der Waals surface area (Å²) in [6.45, 7) is 2.10. The summed E-state index contributed by atoms with van der Waals surface area (Å²) >= 11 is 0. The van der Waals surface area contributed by atoms with Crippen molar-refractivity contribution in [2.45, 2.75) is 44.2 Å². The number of pyridine rings is 1. The van der Waals surface area contributed by atoms with Crippen LogP contribution in [0.5, 0.6) is 0 Å². The summed E-state index contributed by atoms with van der Waals surface area (Å²) in [4.78, 5) is 11.1. The Labute approximate surface area is 126 Å². The SMILES string of the molecule is CN=C(NC1CCC1)NC1CCN(c2ccccn2)CC1. The lowest BCUT2D eigenvalue weighted by Gasteiger charge is -2.35. The van der Waals surface area contributed by atoms with Gasteiger partial charge < -0.3 is 15.5 Å². The lowest BCUT2D eigenvalue weighted by atomic mass is 9.93. The molecular weight excluding hydrogens is 262 g/mol. The maximum absolute atomic E-state index is 4.43. The van der Waals surface area contributed by atoms with Gasteiger partial charge in [-0.3, -0.25) is 4.99 Å². The van der Waals surface area contributed by atoms with Crippen LogP contribution in [0.15, 0.2) is 29.4 Å². The molecule has 0 unspecified atom stereocenters. The number of aromatic nitrogens is 1. The van der Waals surface area contributed by atoms with Gasteiger partial charge in [0.2, 0.25) is 0 Å². The average Bonchev–Trinajstić information content (AvgIpc) is 2.51. The molecule has 0 atom stereocenters. The molecule has 0 bridgehead atoms. The van der Waals surface area contributed by atoms with Crippen molar-refractivity contribution in [3.63, 3.8) is 0 Å². The van der Waals surface area contributed by atoms with E-state index in [0.717, 1.165) is 37.7 Å². The molecule has 21 heavy (non-hydrogen) atoms. The molecule has 5 nitrogen and oxygen atoms in total. The number of hydrogen-bond acceptors (Lipinski definition) is 3. The molecule has 0 spiro atoms. The van der Waals surface area contributed by atoms with E-state index in [4.69, 9.17) is 0 Å². The van der Waals surface area contributed by atoms with Crippen LogP contribution < -0.4 is 15.5 Å². The standard InChI is InChI=1S/C16H25N5/c1-17-16(19-13-5-4-6-13)20-14-8-11-21(12-9-14)15-7-2-3-10-18-15/h2-3,7,10,13-14H,4-6,8-9,11-12H2,1H3,(H2,17,19,20). The molecule has 5 heteroatoms. The van der Waals surface area contributed by atoms with Crippen molar-refractivity contribution in [1.82, 2.24) is 15.6 Å². The summed E-state index contributed by atoms with van der Waals surface area (Å²) in [6.07, 6.45) is 8.02. The largest absolute Gasteiger partial charge is 0.356 e. The van der Waals surface area contributed by atoms with Crippen molar-refractivity contribution in [2.24, 2.45) is 4.99 Å². The van der Waals surface area contributed by atoms with Gasteiger partial charge in [-0.05, 0) is 44.2 Å². The summed E-state index contributed by atoms with van der Waals surface area (Å²) in [5.41, 5.74) is 0. The number of piperidine rings is 1. The molecule has 1 aromatic rings. The molecule has 0 aromatic carbocycles. The average molecular weight is 287 g/mol. The van der Waals surface area contributed by atoms with Gasteiger partial charge in [-0.25, -0.2) is 4.98 Å². The molecule has 1 aliphatic carbocycles. The molecule has 1 saturated heterocycles. The fourth-order valence-electron chi connectivity index (χ4n) is 2.90. The second-order valence-electron chi connectivity index (χ2n) is 5.94. The highest BCUT2D eigenvalue weighted by molar-refractivity contribution is 5.80. The van der Waals surface area contributed by atoms with Crippen molar-refractivity contribution in [3.05, 3.63) is 24.4 Å². The molecular formula is C16H25N5. The molecule has 2 N–H and O–H groups in total. The van der Waals surface area contributed by atoms with Crippen molar-refractivity contribution < 1.29 is 0 Å². The number of nitrogens with zero attached hydrogens (tertiary/aromatic N) is 3. The van der Waals surface area contributed by atoms with Gasteiger partial charge in [-0.1, -0.05) is 6.07 Å². The highest BCUT2D eigenvalue weighted by atomic mass is 15.2. The molecule has 0 radical (unpaired) electrons. The third-order valence-electron chi connectivity index (χ3n) is 4.48. The first-order valence-corrected chi connectivity index (χ1v) is 8.01. The van der Waals surface area contributed by atoms with Gasteiger partial charge in [-0.2, -0.15) is 0 Å². The van der Waals surface area contributed by atoms with Crippen molar-refractivity contribution >= 4 is 11.8 Å². The normalized spacial score (nSPS) is 21.0. The second kappa shape index (κ2) is 6.78. The minimum atomic E-state index is 0.510. The Morgan fingerprint density at radius 2 is 1.86 bits per heavy atom. The smallest absolute Gasteiger partial charge is 0.191 e. The zero-order valence-electron chi connectivity index (χ0n) is 12.8. The van der Waals surface area contributed by atoms with Crippen molar-refractivity contribution in [1.29, 1.82) is 0 Å². The quantitative estimate of drug-likeness (QED) is 0.657. The molecule has 2 aliphatic rings. The van der Waals surface area contributed by atoms with E-state index in [0.29, 0.717) is 12.1 Å². The Kier molecular flexibility index (Phi) is 4.58. The number of hydrogen-bond donors (Lipinski definition) is 2. The lowest BCUT2D eigenvalue weighted by Crippen LogP contribution is -2.52. The van der Waals surface area contributed by atoms with Gasteiger partial charge >= 0.3 is 0 Å². The Morgan fingerprint density at radius 3 is 2.38 bits per heavy atom. The lowest BCUT2D eigenvalue weighted by molar-refractivity contribution is 0.374. The number of aliphatic imine (C=N–C) groups is 1. The summed E-state index contributed by atoms with van der Waals surface area (Å²) in [7, 11) is 1.86. The summed E-state index contributed by atoms with van der Waals surface area (Å²) in [5.74, 6) is 2.06. The topological polar surface area (TPSA) is 52.6 Å². The first-order valence-electron chi connectivity index (χ1n) is 8.01. The van der Waals surface area contributed by atoms with Crippen LogP contribution in [0.4, 0.5) is 5.82 Å². The van der Waals surface area contributed by atoms with Crippen LogP contribution in [0, 0.1) is 0 Å². The zero-order valence-corrected chi connectivity index (χ0v) is 12.8. The van der Waals surface area contributed by atoms with E-state index in [1.165, 1.54) is 19.3 Å². The Hall–Kier alpha value is -1.78. The third-order valence-corrected chi connectivity index (χ3v) is 4.48. The zero-order chi connectivity index (χ0) is 14.5. The minimum Gasteiger partial charge on any atom is -0.356 e. The monoisotopic (exact) mass is 287 g/mol. The maximum Gasteiger partial charge on any atom is 0.191 e. The van der Waals surface area contributed by atoms with Crippen LogP contribution in [0.25, 0.3) is 0 Å². The highest BCUT2D eigenvalue weighted by Crippen LogP contribution is 2.19. The van der Waals surface area contributed by atoms with Crippen molar-refractivity contribution in [2.75, 3.05) is 25.0 Å². The molecule has 1 saturated carbocycles. The molecule has 2 fully saturated rings. The molecule has 1 aliphatic heterocycles. The Balaban J connectivity index is 1.46. The van der Waals surface area contributed by atoms with Gasteiger partial charge in [0.25, 0.3) is 0 Å². The third kappa shape index (κ3) is 3.65. The van der Waals surface area contributed by atoms with E-state index in [9.17, 15) is 0 Å². The van der Waals surface area contributed by atoms with Crippen LogP contribution in [0.2, 0.25) is 0 Å². The van der Waals surface area contributed by atoms with Crippen LogP contribution in [-0.2, 0) is 0 Å². The summed E-state index contributed by atoms with van der Waals surface area (Å²) < 4.78 is 0. The molecule has 0 amide bonds. The number of guanidine groups is 1. The second-order valence-corrected chi connectivity index (χ2v) is 5.94. The number of nitrogens with one attached hydrogen (secondary N) is 2. The van der Waals surface area contributed by atoms with Gasteiger partial charge in [-0.15, -0.1) is 0 Å². The first-order chi connectivity index (χ1) is 10.3. The van der Waals surface area contributed by atoms with E-state index in [2.05, 4.69) is 37.6 Å². The number of rotatable bonds is 3. The molecule has 3 rings (SSSR count). The van der Waals surface area contributed by atoms with Crippen LogP contribution in [0.3, 0.4) is 0 Å². The van der Waals surface area contributed by atoms with E-state index in [1.54, 1.807) is 0 Å². The van der Waals surface area contributed by atoms with E-state index in [-0.39, 0.29) is 0 Å². The Bertz CT molecular complexity index is 461. The first kappa shape index (κ1) is 14.2. The van der Waals surface area contributed by atoms with E-state index in [1.807, 2.05) is 19.3 Å². The molecule has 2 heterocycles.